The number of ether oxygens (including phenoxy) is 1. The Morgan fingerprint density at radius 2 is 2.14 bits per heavy atom. The Kier molecular flexibility index (Phi) is 4.22. The molecule has 0 bridgehead atoms. The van der Waals surface area contributed by atoms with Crippen molar-refractivity contribution >= 4 is 5.97 Å². The molecule has 7 heteroatoms. The number of carboxylic acid groups (broad SMARTS) is 1. The highest BCUT2D eigenvalue weighted by Crippen LogP contribution is 2.13. The van der Waals surface area contributed by atoms with E-state index in [-0.39, 0.29) is 6.54 Å². The second kappa shape index (κ2) is 6.08. The molecule has 0 fully saturated rings. The lowest BCUT2D eigenvalue weighted by Crippen LogP contribution is -2.33. The van der Waals surface area contributed by atoms with E-state index >= 15 is 0 Å². The van der Waals surface area contributed by atoms with Crippen molar-refractivity contribution in [2.24, 2.45) is 0 Å². The largest absolute Gasteiger partial charge is 0.497 e. The number of methoxy groups -OCH3 is 1. The zero-order valence-corrected chi connectivity index (χ0v) is 11.3. The third kappa shape index (κ3) is 3.38. The van der Waals surface area contributed by atoms with Crippen LogP contribution >= 0.6 is 0 Å². The van der Waals surface area contributed by atoms with Gasteiger partial charge in [-0.15, -0.1) is 0 Å². The van der Waals surface area contributed by atoms with Gasteiger partial charge in [-0.25, -0.2) is 9.59 Å². The Hall–Kier alpha value is -2.83. The first-order valence-corrected chi connectivity index (χ1v) is 6.21. The summed E-state index contributed by atoms with van der Waals surface area (Å²) in [6, 6.07) is 7.33. The summed E-state index contributed by atoms with van der Waals surface area (Å²) >= 11 is 0. The molecule has 7 nitrogen and oxygen atoms in total. The van der Waals surface area contributed by atoms with Gasteiger partial charge in [-0.2, -0.15) is 0 Å². The van der Waals surface area contributed by atoms with Gasteiger partial charge >= 0.3 is 11.7 Å². The summed E-state index contributed by atoms with van der Waals surface area (Å²) in [5.74, 6) is -0.668. The van der Waals surface area contributed by atoms with Crippen LogP contribution in [-0.2, 0) is 13.0 Å². The number of aromatic carboxylic acids is 1. The summed E-state index contributed by atoms with van der Waals surface area (Å²) in [6.07, 6.45) is 1.56. The Balaban J connectivity index is 2.23. The van der Waals surface area contributed by atoms with Gasteiger partial charge < -0.3 is 9.84 Å². The van der Waals surface area contributed by atoms with Crippen LogP contribution in [0.3, 0.4) is 0 Å². The number of hydrogen-bond acceptors (Lipinski definition) is 4. The number of nitrogens with one attached hydrogen (secondary N) is 1. The van der Waals surface area contributed by atoms with Crippen molar-refractivity contribution in [2.45, 2.75) is 13.0 Å². The maximum absolute atomic E-state index is 11.6. The van der Waals surface area contributed by atoms with Crippen molar-refractivity contribution in [1.82, 2.24) is 9.55 Å². The summed E-state index contributed by atoms with van der Waals surface area (Å²) in [7, 11) is 1.56. The van der Waals surface area contributed by atoms with Gasteiger partial charge in [-0.3, -0.25) is 14.3 Å². The van der Waals surface area contributed by atoms with E-state index < -0.39 is 22.8 Å². The number of aromatic amines is 1. The molecular formula is C14H14N2O5. The number of benzene rings is 1. The van der Waals surface area contributed by atoms with Gasteiger partial charge in [0.25, 0.3) is 5.56 Å². The lowest BCUT2D eigenvalue weighted by molar-refractivity contribution is 0.0693. The molecule has 0 aliphatic carbocycles. The molecule has 1 heterocycles. The Labute approximate surface area is 119 Å². The molecule has 1 aromatic heterocycles. The highest BCUT2D eigenvalue weighted by atomic mass is 16.5. The molecule has 21 heavy (non-hydrogen) atoms. The molecule has 1 aromatic carbocycles. The molecule has 0 atom stereocenters. The van der Waals surface area contributed by atoms with Crippen LogP contribution in [0, 0.1) is 0 Å². The fraction of sp³-hybridized carbons (Fsp3) is 0.214. The number of aromatic nitrogens is 2. The minimum atomic E-state index is -1.37. The van der Waals surface area contributed by atoms with E-state index in [1.807, 2.05) is 23.2 Å². The molecule has 2 N–H and O–H groups in total. The van der Waals surface area contributed by atoms with Crippen LogP contribution in [0.5, 0.6) is 5.75 Å². The summed E-state index contributed by atoms with van der Waals surface area (Å²) in [6.45, 7) is 0.253. The van der Waals surface area contributed by atoms with Crippen molar-refractivity contribution < 1.29 is 14.6 Å². The SMILES string of the molecule is COc1cccc(CCn2cc(C(=O)O)c(=O)[nH]c2=O)c1. The van der Waals surface area contributed by atoms with Crippen LogP contribution in [0.25, 0.3) is 0 Å². The molecule has 0 unspecified atom stereocenters. The summed E-state index contributed by atoms with van der Waals surface area (Å²) in [5, 5.41) is 8.88. The lowest BCUT2D eigenvalue weighted by atomic mass is 10.1. The lowest BCUT2D eigenvalue weighted by Gasteiger charge is -2.07. The molecule has 0 radical (unpaired) electrons. The topological polar surface area (TPSA) is 101 Å². The van der Waals surface area contributed by atoms with Crippen molar-refractivity contribution in [1.29, 1.82) is 0 Å². The van der Waals surface area contributed by atoms with Crippen molar-refractivity contribution in [3.05, 3.63) is 62.4 Å². The first kappa shape index (κ1) is 14.6. The van der Waals surface area contributed by atoms with Gasteiger partial charge in [0.15, 0.2) is 0 Å². The van der Waals surface area contributed by atoms with Crippen LogP contribution in [-0.4, -0.2) is 27.7 Å². The van der Waals surface area contributed by atoms with Crippen molar-refractivity contribution in [3.63, 3.8) is 0 Å². The third-order valence-corrected chi connectivity index (χ3v) is 3.02. The first-order valence-electron chi connectivity index (χ1n) is 6.21. The quantitative estimate of drug-likeness (QED) is 0.834. The van der Waals surface area contributed by atoms with Crippen LogP contribution in [0.4, 0.5) is 0 Å². The highest BCUT2D eigenvalue weighted by molar-refractivity contribution is 5.86. The van der Waals surface area contributed by atoms with Gasteiger partial charge in [-0.1, -0.05) is 12.1 Å². The van der Waals surface area contributed by atoms with Crippen LogP contribution in [0.1, 0.15) is 15.9 Å². The van der Waals surface area contributed by atoms with E-state index in [2.05, 4.69) is 0 Å². The van der Waals surface area contributed by atoms with Crippen molar-refractivity contribution in [2.75, 3.05) is 7.11 Å². The van der Waals surface area contributed by atoms with Crippen LogP contribution < -0.4 is 16.0 Å². The van der Waals surface area contributed by atoms with Crippen LogP contribution in [0.15, 0.2) is 40.1 Å². The van der Waals surface area contributed by atoms with Gasteiger partial charge in [-0.05, 0) is 24.1 Å². The maximum Gasteiger partial charge on any atom is 0.342 e. The molecule has 0 spiro atoms. The molecule has 110 valence electrons. The molecule has 2 aromatic rings. The van der Waals surface area contributed by atoms with Gasteiger partial charge in [0.1, 0.15) is 11.3 Å². The van der Waals surface area contributed by atoms with Gasteiger partial charge in [0.2, 0.25) is 0 Å². The maximum atomic E-state index is 11.6. The normalized spacial score (nSPS) is 10.3. The predicted molar refractivity (Wildman–Crippen MR) is 75.0 cm³/mol. The third-order valence-electron chi connectivity index (χ3n) is 3.02. The molecule has 0 saturated heterocycles. The second-order valence-corrected chi connectivity index (χ2v) is 4.40. The number of carboxylic acids is 1. The number of carbonyl (C=O) groups is 1. The zero-order valence-electron chi connectivity index (χ0n) is 11.3. The van der Waals surface area contributed by atoms with E-state index in [1.165, 1.54) is 4.57 Å². The Morgan fingerprint density at radius 1 is 1.38 bits per heavy atom. The highest BCUT2D eigenvalue weighted by Gasteiger charge is 2.11. The number of hydrogen-bond donors (Lipinski definition) is 2. The summed E-state index contributed by atoms with van der Waals surface area (Å²) < 4.78 is 6.27. The average molecular weight is 290 g/mol. The summed E-state index contributed by atoms with van der Waals surface area (Å²) in [4.78, 5) is 35.9. The molecule has 0 aliphatic rings. The van der Waals surface area contributed by atoms with Gasteiger partial charge in [0.05, 0.1) is 7.11 Å². The minimum Gasteiger partial charge on any atom is -0.497 e. The van der Waals surface area contributed by atoms with E-state index in [9.17, 15) is 14.4 Å². The van der Waals surface area contributed by atoms with Crippen molar-refractivity contribution in [3.8, 4) is 5.75 Å². The van der Waals surface area contributed by atoms with Gasteiger partial charge in [0, 0.05) is 12.7 Å². The van der Waals surface area contributed by atoms with E-state index in [0.29, 0.717) is 12.2 Å². The fourth-order valence-electron chi connectivity index (χ4n) is 1.91. The smallest absolute Gasteiger partial charge is 0.342 e. The Bertz CT molecular complexity index is 775. The first-order chi connectivity index (χ1) is 10.0. The fourth-order valence-corrected chi connectivity index (χ4v) is 1.91. The monoisotopic (exact) mass is 290 g/mol. The Morgan fingerprint density at radius 3 is 2.81 bits per heavy atom. The van der Waals surface area contributed by atoms with E-state index in [0.717, 1.165) is 11.8 Å². The van der Waals surface area contributed by atoms with E-state index in [1.54, 1.807) is 13.2 Å². The number of rotatable bonds is 5. The molecular weight excluding hydrogens is 276 g/mol. The average Bonchev–Trinajstić information content (AvgIpc) is 2.46. The van der Waals surface area contributed by atoms with Crippen LogP contribution in [0.2, 0.25) is 0 Å². The standard InChI is InChI=1S/C14H14N2O5/c1-21-10-4-2-3-9(7-10)5-6-16-8-11(13(18)19)12(17)15-14(16)20/h2-4,7-8H,5-6H2,1H3,(H,18,19)(H,15,17,20). The summed E-state index contributed by atoms with van der Waals surface area (Å²) in [5.41, 5.74) is -1.05. The molecule has 2 rings (SSSR count). The number of nitrogens with zero attached hydrogens (tertiary/aromatic N) is 1. The molecule has 0 saturated carbocycles. The van der Waals surface area contributed by atoms with E-state index in [4.69, 9.17) is 9.84 Å². The predicted octanol–water partition coefficient (Wildman–Crippen LogP) is 0.486. The molecule has 0 amide bonds. The minimum absolute atomic E-state index is 0.253. The number of H-pyrrole nitrogens is 1. The number of aryl methyl sites for hydroxylation is 2. The zero-order chi connectivity index (χ0) is 15.4. The second-order valence-electron chi connectivity index (χ2n) is 4.40. The molecule has 0 aliphatic heterocycles.